The van der Waals surface area contributed by atoms with Gasteiger partial charge in [0.1, 0.15) is 0 Å². The molecule has 1 aromatic carbocycles. The Morgan fingerprint density at radius 3 is 2.52 bits per heavy atom. The summed E-state index contributed by atoms with van der Waals surface area (Å²) in [5.74, 6) is 0.226. The molecule has 0 spiro atoms. The third-order valence-corrected chi connectivity index (χ3v) is 4.87. The van der Waals surface area contributed by atoms with Gasteiger partial charge in [-0.1, -0.05) is 6.07 Å². The lowest BCUT2D eigenvalue weighted by molar-refractivity contribution is 0.0724. The molecule has 3 rings (SSSR count). The Hall–Kier alpha value is -1.35. The molecule has 1 fully saturated rings. The highest BCUT2D eigenvalue weighted by molar-refractivity contribution is 5.94. The molecule has 3 heteroatoms. The third-order valence-electron chi connectivity index (χ3n) is 4.87. The van der Waals surface area contributed by atoms with Crippen LogP contribution in [0, 0.1) is 0 Å². The molecule has 0 unspecified atom stereocenters. The zero-order chi connectivity index (χ0) is 14.8. The Kier molecular flexibility index (Phi) is 4.29. The van der Waals surface area contributed by atoms with E-state index in [2.05, 4.69) is 30.9 Å². The number of carbonyl (C=O) groups excluding carboxylic acids is 1. The number of benzene rings is 1. The minimum absolute atomic E-state index is 0.226. The van der Waals surface area contributed by atoms with Crippen LogP contribution in [0.4, 0.5) is 0 Å². The zero-order valence-electron chi connectivity index (χ0n) is 13.3. The molecule has 2 aliphatic rings. The van der Waals surface area contributed by atoms with Gasteiger partial charge in [0.05, 0.1) is 0 Å². The Labute approximate surface area is 127 Å². The standard InChI is InChI=1S/C18H26N2O/c1-14(2)20-11-8-15-12-16(6-7-17(15)13-20)18(21)19-9-4-3-5-10-19/h6-7,12,14H,3-5,8-11,13H2,1-2H3. The van der Waals surface area contributed by atoms with Gasteiger partial charge in [-0.15, -0.1) is 0 Å². The summed E-state index contributed by atoms with van der Waals surface area (Å²) < 4.78 is 0. The zero-order valence-corrected chi connectivity index (χ0v) is 13.3. The number of carbonyl (C=O) groups is 1. The maximum Gasteiger partial charge on any atom is 0.253 e. The highest BCUT2D eigenvalue weighted by atomic mass is 16.2. The molecular formula is C18H26N2O. The van der Waals surface area contributed by atoms with E-state index >= 15 is 0 Å². The summed E-state index contributed by atoms with van der Waals surface area (Å²) in [6, 6.07) is 6.93. The fourth-order valence-electron chi connectivity index (χ4n) is 3.43. The molecule has 1 saturated heterocycles. The summed E-state index contributed by atoms with van der Waals surface area (Å²) in [7, 11) is 0. The number of likely N-dealkylation sites (tertiary alicyclic amines) is 1. The maximum absolute atomic E-state index is 12.6. The van der Waals surface area contributed by atoms with Crippen molar-refractivity contribution < 1.29 is 4.79 Å². The van der Waals surface area contributed by atoms with Crippen molar-refractivity contribution >= 4 is 5.91 Å². The smallest absolute Gasteiger partial charge is 0.253 e. The van der Waals surface area contributed by atoms with Gasteiger partial charge in [0, 0.05) is 37.8 Å². The first kappa shape index (κ1) is 14.6. The summed E-state index contributed by atoms with van der Waals surface area (Å²) >= 11 is 0. The monoisotopic (exact) mass is 286 g/mol. The molecule has 2 heterocycles. The Morgan fingerprint density at radius 2 is 1.81 bits per heavy atom. The molecule has 3 nitrogen and oxygen atoms in total. The van der Waals surface area contributed by atoms with Crippen molar-refractivity contribution in [2.24, 2.45) is 0 Å². The van der Waals surface area contributed by atoms with Gasteiger partial charge in [0.2, 0.25) is 0 Å². The van der Waals surface area contributed by atoms with Crippen LogP contribution in [-0.4, -0.2) is 41.4 Å². The van der Waals surface area contributed by atoms with E-state index in [1.807, 2.05) is 11.0 Å². The van der Waals surface area contributed by atoms with Crippen LogP contribution in [0.5, 0.6) is 0 Å². The third kappa shape index (κ3) is 3.13. The molecular weight excluding hydrogens is 260 g/mol. The maximum atomic E-state index is 12.6. The molecule has 2 aliphatic heterocycles. The number of hydrogen-bond donors (Lipinski definition) is 0. The van der Waals surface area contributed by atoms with Gasteiger partial charge in [-0.25, -0.2) is 0 Å². The van der Waals surface area contributed by atoms with Gasteiger partial charge < -0.3 is 4.90 Å². The van der Waals surface area contributed by atoms with Crippen molar-refractivity contribution in [2.75, 3.05) is 19.6 Å². The van der Waals surface area contributed by atoms with Crippen molar-refractivity contribution in [1.29, 1.82) is 0 Å². The van der Waals surface area contributed by atoms with Gasteiger partial charge in [0.25, 0.3) is 5.91 Å². The van der Waals surface area contributed by atoms with E-state index in [0.29, 0.717) is 6.04 Å². The second-order valence-electron chi connectivity index (χ2n) is 6.65. The molecule has 1 amide bonds. The van der Waals surface area contributed by atoms with Gasteiger partial charge in [0.15, 0.2) is 0 Å². The van der Waals surface area contributed by atoms with E-state index in [9.17, 15) is 4.79 Å². The van der Waals surface area contributed by atoms with Crippen LogP contribution in [0.2, 0.25) is 0 Å². The molecule has 0 aromatic heterocycles. The van der Waals surface area contributed by atoms with Crippen LogP contribution in [0.15, 0.2) is 18.2 Å². The second kappa shape index (κ2) is 6.18. The number of hydrogen-bond acceptors (Lipinski definition) is 2. The fourth-order valence-corrected chi connectivity index (χ4v) is 3.43. The van der Waals surface area contributed by atoms with Crippen LogP contribution in [0.1, 0.15) is 54.6 Å². The van der Waals surface area contributed by atoms with Crippen LogP contribution in [-0.2, 0) is 13.0 Å². The molecule has 0 saturated carbocycles. The molecule has 1 aromatic rings. The molecule has 114 valence electrons. The first-order valence-corrected chi connectivity index (χ1v) is 8.30. The molecule has 21 heavy (non-hydrogen) atoms. The summed E-state index contributed by atoms with van der Waals surface area (Å²) in [6.07, 6.45) is 4.63. The minimum Gasteiger partial charge on any atom is -0.339 e. The molecule has 0 radical (unpaired) electrons. The van der Waals surface area contributed by atoms with E-state index in [1.165, 1.54) is 17.5 Å². The lowest BCUT2D eigenvalue weighted by Crippen LogP contribution is -2.37. The molecule has 0 atom stereocenters. The summed E-state index contributed by atoms with van der Waals surface area (Å²) in [6.45, 7) is 8.48. The number of rotatable bonds is 2. The Bertz CT molecular complexity index is 518. The normalized spacial score (nSPS) is 19.7. The highest BCUT2D eigenvalue weighted by Crippen LogP contribution is 2.23. The molecule has 0 N–H and O–H groups in total. The van der Waals surface area contributed by atoms with Gasteiger partial charge in [-0.2, -0.15) is 0 Å². The lowest BCUT2D eigenvalue weighted by atomic mass is 9.96. The quantitative estimate of drug-likeness (QED) is 0.834. The minimum atomic E-state index is 0.226. The highest BCUT2D eigenvalue weighted by Gasteiger charge is 2.22. The van der Waals surface area contributed by atoms with Gasteiger partial charge >= 0.3 is 0 Å². The largest absolute Gasteiger partial charge is 0.339 e. The van der Waals surface area contributed by atoms with Crippen molar-refractivity contribution in [3.05, 3.63) is 34.9 Å². The average molecular weight is 286 g/mol. The van der Waals surface area contributed by atoms with Gasteiger partial charge in [-0.05, 0) is 62.8 Å². The first-order valence-electron chi connectivity index (χ1n) is 8.30. The van der Waals surface area contributed by atoms with Crippen LogP contribution in [0.25, 0.3) is 0 Å². The lowest BCUT2D eigenvalue weighted by Gasteiger charge is -2.32. The van der Waals surface area contributed by atoms with Crippen molar-refractivity contribution in [3.63, 3.8) is 0 Å². The van der Waals surface area contributed by atoms with Crippen LogP contribution in [0.3, 0.4) is 0 Å². The Balaban J connectivity index is 1.76. The van der Waals surface area contributed by atoms with E-state index in [-0.39, 0.29) is 5.91 Å². The molecule has 0 bridgehead atoms. The summed E-state index contributed by atoms with van der Waals surface area (Å²) in [4.78, 5) is 17.1. The number of piperidine rings is 1. The molecule has 0 aliphatic carbocycles. The predicted octanol–water partition coefficient (Wildman–Crippen LogP) is 3.08. The number of nitrogens with zero attached hydrogens (tertiary/aromatic N) is 2. The van der Waals surface area contributed by atoms with Crippen LogP contribution >= 0.6 is 0 Å². The van der Waals surface area contributed by atoms with Gasteiger partial charge in [-0.3, -0.25) is 9.69 Å². The van der Waals surface area contributed by atoms with E-state index in [4.69, 9.17) is 0 Å². The van der Waals surface area contributed by atoms with Crippen LogP contribution < -0.4 is 0 Å². The van der Waals surface area contributed by atoms with Crippen molar-refractivity contribution in [1.82, 2.24) is 9.80 Å². The number of fused-ring (bicyclic) bond motifs is 1. The number of amides is 1. The van der Waals surface area contributed by atoms with E-state index in [1.54, 1.807) is 0 Å². The summed E-state index contributed by atoms with van der Waals surface area (Å²) in [5, 5.41) is 0. The Morgan fingerprint density at radius 1 is 1.05 bits per heavy atom. The SMILES string of the molecule is CC(C)N1CCc2cc(C(=O)N3CCCCC3)ccc2C1. The first-order chi connectivity index (χ1) is 10.1. The fraction of sp³-hybridized carbons (Fsp3) is 0.611. The second-order valence-corrected chi connectivity index (χ2v) is 6.65. The topological polar surface area (TPSA) is 23.6 Å². The van der Waals surface area contributed by atoms with Crippen molar-refractivity contribution in [2.45, 2.75) is 52.1 Å². The van der Waals surface area contributed by atoms with E-state index < -0.39 is 0 Å². The average Bonchev–Trinajstić information content (AvgIpc) is 2.54. The van der Waals surface area contributed by atoms with Crippen molar-refractivity contribution in [3.8, 4) is 0 Å². The predicted molar refractivity (Wildman–Crippen MR) is 85.4 cm³/mol. The summed E-state index contributed by atoms with van der Waals surface area (Å²) in [5.41, 5.74) is 3.65. The van der Waals surface area contributed by atoms with E-state index in [0.717, 1.165) is 51.0 Å².